The minimum absolute atomic E-state index is 0.201. The summed E-state index contributed by atoms with van der Waals surface area (Å²) in [4.78, 5) is 11.0. The van der Waals surface area contributed by atoms with Crippen molar-refractivity contribution < 1.29 is 19.4 Å². The van der Waals surface area contributed by atoms with Crippen molar-refractivity contribution in [2.45, 2.75) is 137 Å². The van der Waals surface area contributed by atoms with Crippen LogP contribution in [-0.4, -0.2) is 30.6 Å². The minimum Gasteiger partial charge on any atom is -0.435 e. The second-order valence-electron chi connectivity index (χ2n) is 9.98. The lowest BCUT2D eigenvalue weighted by molar-refractivity contribution is 0.0578. The molecular weight excluding hydrogens is 388 g/mol. The molecule has 0 heterocycles. The summed E-state index contributed by atoms with van der Waals surface area (Å²) in [5.41, 5.74) is 3.05. The summed E-state index contributed by atoms with van der Waals surface area (Å²) >= 11 is 0. The molecular formula is C27H50O4. The van der Waals surface area contributed by atoms with Gasteiger partial charge in [0.05, 0.1) is 19.3 Å². The third-order valence-corrected chi connectivity index (χ3v) is 6.89. The molecule has 0 radical (unpaired) electrons. The van der Waals surface area contributed by atoms with E-state index in [1.807, 2.05) is 0 Å². The van der Waals surface area contributed by atoms with Crippen LogP contribution in [-0.2, 0) is 9.47 Å². The molecule has 31 heavy (non-hydrogen) atoms. The number of carbonyl (C=O) groups is 1. The predicted octanol–water partition coefficient (Wildman–Crippen LogP) is 8.12. The molecule has 1 N–H and O–H groups in total. The van der Waals surface area contributed by atoms with Gasteiger partial charge in [-0.05, 0) is 56.9 Å². The highest BCUT2D eigenvalue weighted by molar-refractivity contribution is 5.59. The molecule has 1 atom stereocenters. The molecule has 0 fully saturated rings. The van der Waals surface area contributed by atoms with Crippen LogP contribution in [0, 0.1) is 5.41 Å². The zero-order valence-electron chi connectivity index (χ0n) is 21.0. The first-order valence-electron chi connectivity index (χ1n) is 13.1. The first kappa shape index (κ1) is 28.0. The van der Waals surface area contributed by atoms with Crippen molar-refractivity contribution in [1.82, 2.24) is 0 Å². The number of unbranched alkanes of at least 4 members (excludes halogenated alkanes) is 12. The molecule has 0 aromatic heterocycles. The molecule has 4 heteroatoms. The third-order valence-electron chi connectivity index (χ3n) is 6.89. The van der Waals surface area contributed by atoms with E-state index in [1.54, 1.807) is 6.92 Å². The SMILES string of the molecule is CCOC(=O)OCCCCCCCCCCCCCCCC1=C(C)C(O)CCC1(C)C. The molecule has 0 amide bonds. The second kappa shape index (κ2) is 16.6. The lowest BCUT2D eigenvalue weighted by Crippen LogP contribution is -2.28. The summed E-state index contributed by atoms with van der Waals surface area (Å²) in [5, 5.41) is 10.2. The van der Waals surface area contributed by atoms with Crippen molar-refractivity contribution in [1.29, 1.82) is 0 Å². The van der Waals surface area contributed by atoms with Gasteiger partial charge in [0.1, 0.15) is 0 Å². The van der Waals surface area contributed by atoms with Crippen LogP contribution in [0.25, 0.3) is 0 Å². The molecule has 0 spiro atoms. The van der Waals surface area contributed by atoms with E-state index >= 15 is 0 Å². The average molecular weight is 439 g/mol. The molecule has 0 saturated heterocycles. The second-order valence-corrected chi connectivity index (χ2v) is 9.98. The van der Waals surface area contributed by atoms with Gasteiger partial charge in [-0.15, -0.1) is 0 Å². The largest absolute Gasteiger partial charge is 0.508 e. The van der Waals surface area contributed by atoms with Crippen LogP contribution in [0.2, 0.25) is 0 Å². The van der Waals surface area contributed by atoms with Crippen LogP contribution in [0.3, 0.4) is 0 Å². The quantitative estimate of drug-likeness (QED) is 0.141. The van der Waals surface area contributed by atoms with Crippen LogP contribution < -0.4 is 0 Å². The van der Waals surface area contributed by atoms with Gasteiger partial charge in [0.25, 0.3) is 0 Å². The number of allylic oxidation sites excluding steroid dienone is 1. The summed E-state index contributed by atoms with van der Waals surface area (Å²) in [6.07, 6.45) is 19.2. The number of carbonyl (C=O) groups excluding carboxylic acids is 1. The molecule has 0 saturated carbocycles. The Morgan fingerprint density at radius 1 is 0.871 bits per heavy atom. The van der Waals surface area contributed by atoms with Crippen LogP contribution in [0.5, 0.6) is 0 Å². The maximum Gasteiger partial charge on any atom is 0.508 e. The van der Waals surface area contributed by atoms with Crippen molar-refractivity contribution in [3.8, 4) is 0 Å². The van der Waals surface area contributed by atoms with E-state index < -0.39 is 6.16 Å². The zero-order valence-corrected chi connectivity index (χ0v) is 21.0. The van der Waals surface area contributed by atoms with E-state index in [9.17, 15) is 9.90 Å². The van der Waals surface area contributed by atoms with Gasteiger partial charge in [-0.1, -0.05) is 90.0 Å². The third kappa shape index (κ3) is 12.6. The van der Waals surface area contributed by atoms with Crippen LogP contribution in [0.1, 0.15) is 130 Å². The Morgan fingerprint density at radius 2 is 1.35 bits per heavy atom. The summed E-state index contributed by atoms with van der Waals surface area (Å²) in [6.45, 7) is 9.47. The topological polar surface area (TPSA) is 55.8 Å². The van der Waals surface area contributed by atoms with Gasteiger partial charge in [-0.2, -0.15) is 0 Å². The van der Waals surface area contributed by atoms with Gasteiger partial charge in [0.2, 0.25) is 0 Å². The van der Waals surface area contributed by atoms with Crippen LogP contribution in [0.15, 0.2) is 11.1 Å². The first-order valence-corrected chi connectivity index (χ1v) is 13.1. The first-order chi connectivity index (χ1) is 14.9. The maximum atomic E-state index is 11.0. The van der Waals surface area contributed by atoms with Gasteiger partial charge in [-0.25, -0.2) is 4.79 Å². The molecule has 0 aromatic carbocycles. The van der Waals surface area contributed by atoms with Gasteiger partial charge in [0, 0.05) is 0 Å². The Kier molecular flexibility index (Phi) is 15.0. The fourth-order valence-electron chi connectivity index (χ4n) is 4.80. The molecule has 1 aliphatic carbocycles. The van der Waals surface area contributed by atoms with Gasteiger partial charge in [-0.3, -0.25) is 0 Å². The van der Waals surface area contributed by atoms with Crippen molar-refractivity contribution in [3.05, 3.63) is 11.1 Å². The average Bonchev–Trinajstić information content (AvgIpc) is 2.73. The Morgan fingerprint density at radius 3 is 1.87 bits per heavy atom. The number of ether oxygens (including phenoxy) is 2. The van der Waals surface area contributed by atoms with Gasteiger partial charge < -0.3 is 14.6 Å². The molecule has 0 aromatic rings. The summed E-state index contributed by atoms with van der Waals surface area (Å²) < 4.78 is 9.69. The number of hydrogen-bond donors (Lipinski definition) is 1. The highest BCUT2D eigenvalue weighted by Gasteiger charge is 2.31. The number of aliphatic hydroxyl groups excluding tert-OH is 1. The lowest BCUT2D eigenvalue weighted by Gasteiger charge is -2.37. The van der Waals surface area contributed by atoms with Crippen molar-refractivity contribution in [2.75, 3.05) is 13.2 Å². The van der Waals surface area contributed by atoms with E-state index in [-0.39, 0.29) is 11.5 Å². The Hall–Kier alpha value is -1.03. The fraction of sp³-hybridized carbons (Fsp3) is 0.889. The summed E-state index contributed by atoms with van der Waals surface area (Å²) in [6, 6.07) is 0. The molecule has 1 aliphatic rings. The van der Waals surface area contributed by atoms with Crippen LogP contribution >= 0.6 is 0 Å². The molecule has 1 unspecified atom stereocenters. The molecule has 0 bridgehead atoms. The van der Waals surface area contributed by atoms with Crippen molar-refractivity contribution >= 4 is 6.16 Å². The Balaban J connectivity index is 1.87. The minimum atomic E-state index is -0.539. The van der Waals surface area contributed by atoms with E-state index in [0.29, 0.717) is 13.2 Å². The highest BCUT2D eigenvalue weighted by Crippen LogP contribution is 2.42. The molecule has 0 aliphatic heterocycles. The molecule has 4 nitrogen and oxygen atoms in total. The monoisotopic (exact) mass is 438 g/mol. The van der Waals surface area contributed by atoms with E-state index in [2.05, 4.69) is 20.8 Å². The fourth-order valence-corrected chi connectivity index (χ4v) is 4.80. The van der Waals surface area contributed by atoms with E-state index in [4.69, 9.17) is 9.47 Å². The van der Waals surface area contributed by atoms with Crippen LogP contribution in [0.4, 0.5) is 4.79 Å². The predicted molar refractivity (Wildman–Crippen MR) is 129 cm³/mol. The molecule has 182 valence electrons. The zero-order chi connectivity index (χ0) is 23.0. The Bertz CT molecular complexity index is 509. The normalized spacial score (nSPS) is 18.3. The van der Waals surface area contributed by atoms with Crippen molar-refractivity contribution in [3.63, 3.8) is 0 Å². The van der Waals surface area contributed by atoms with E-state index in [0.717, 1.165) is 25.7 Å². The summed E-state index contributed by atoms with van der Waals surface area (Å²) in [5.74, 6) is 0. The molecule has 1 rings (SSSR count). The standard InChI is InChI=1S/C27H50O4/c1-5-30-26(29)31-22-18-16-14-12-10-8-6-7-9-11-13-15-17-19-24-23(2)25(28)20-21-27(24,3)4/h25,28H,5-22H2,1-4H3. The summed E-state index contributed by atoms with van der Waals surface area (Å²) in [7, 11) is 0. The number of hydrogen-bond acceptors (Lipinski definition) is 4. The van der Waals surface area contributed by atoms with E-state index in [1.165, 1.54) is 88.2 Å². The smallest absolute Gasteiger partial charge is 0.435 e. The highest BCUT2D eigenvalue weighted by atomic mass is 16.7. The number of aliphatic hydroxyl groups is 1. The van der Waals surface area contributed by atoms with Crippen molar-refractivity contribution in [2.24, 2.45) is 5.41 Å². The Labute approximate surface area is 192 Å². The van der Waals surface area contributed by atoms with Gasteiger partial charge in [0.15, 0.2) is 0 Å². The lowest BCUT2D eigenvalue weighted by atomic mass is 9.70. The maximum absolute atomic E-state index is 11.0. The van der Waals surface area contributed by atoms with Gasteiger partial charge >= 0.3 is 6.16 Å². The number of rotatable bonds is 17.